The lowest BCUT2D eigenvalue weighted by molar-refractivity contribution is -0.134. The first-order valence-corrected chi connectivity index (χ1v) is 11.5. The summed E-state index contributed by atoms with van der Waals surface area (Å²) in [7, 11) is 1.54. The largest absolute Gasteiger partial charge is 0.497 e. The van der Waals surface area contributed by atoms with Crippen molar-refractivity contribution in [3.8, 4) is 17.0 Å². The van der Waals surface area contributed by atoms with Gasteiger partial charge < -0.3 is 19.4 Å². The first-order valence-electron chi connectivity index (χ1n) is 10.6. The van der Waals surface area contributed by atoms with Gasteiger partial charge in [0.15, 0.2) is 5.13 Å². The molecule has 0 radical (unpaired) electrons. The fraction of sp³-hybridized carbons (Fsp3) is 0.391. The molecule has 0 saturated carbocycles. The van der Waals surface area contributed by atoms with Gasteiger partial charge in [0.2, 0.25) is 11.8 Å². The van der Waals surface area contributed by atoms with Crippen molar-refractivity contribution in [2.45, 2.75) is 32.6 Å². The Morgan fingerprint density at radius 2 is 2.16 bits per heavy atom. The second-order valence-electron chi connectivity index (χ2n) is 8.02. The van der Waals surface area contributed by atoms with Gasteiger partial charge in [0.05, 0.1) is 18.4 Å². The molecule has 2 aromatic heterocycles. The van der Waals surface area contributed by atoms with E-state index in [4.69, 9.17) is 9.15 Å². The number of aromatic nitrogens is 1. The van der Waals surface area contributed by atoms with Gasteiger partial charge in [-0.1, -0.05) is 6.92 Å². The number of carbonyl (C=O) groups excluding carboxylic acids is 2. The first kappa shape index (κ1) is 22.0. The summed E-state index contributed by atoms with van der Waals surface area (Å²) in [6, 6.07) is 6.94. The Labute approximate surface area is 189 Å². The van der Waals surface area contributed by atoms with Gasteiger partial charge in [-0.15, -0.1) is 11.3 Å². The Balaban J connectivity index is 1.39. The Morgan fingerprint density at radius 1 is 1.31 bits per heavy atom. The van der Waals surface area contributed by atoms with Gasteiger partial charge in [0.25, 0.3) is 0 Å². The first-order chi connectivity index (χ1) is 15.4. The van der Waals surface area contributed by atoms with Gasteiger partial charge >= 0.3 is 5.63 Å². The van der Waals surface area contributed by atoms with Gasteiger partial charge in [0, 0.05) is 42.8 Å². The summed E-state index contributed by atoms with van der Waals surface area (Å²) in [6.07, 6.45) is 2.42. The van der Waals surface area contributed by atoms with E-state index < -0.39 is 5.63 Å². The maximum atomic E-state index is 12.4. The molecular formula is C23H25N3O5S. The van der Waals surface area contributed by atoms with Crippen molar-refractivity contribution in [1.82, 2.24) is 9.88 Å². The number of ether oxygens (including phenoxy) is 1. The molecule has 1 saturated heterocycles. The molecule has 9 heteroatoms. The number of thiazole rings is 1. The second kappa shape index (κ2) is 9.52. The molecule has 1 aromatic carbocycles. The molecule has 1 aliphatic rings. The van der Waals surface area contributed by atoms with Crippen LogP contribution in [0, 0.1) is 5.92 Å². The van der Waals surface area contributed by atoms with Crippen molar-refractivity contribution in [3.63, 3.8) is 0 Å². The van der Waals surface area contributed by atoms with E-state index in [-0.39, 0.29) is 24.7 Å². The molecule has 4 rings (SSSR count). The number of hydrogen-bond donors (Lipinski definition) is 1. The van der Waals surface area contributed by atoms with Crippen LogP contribution in [-0.2, 0) is 9.59 Å². The van der Waals surface area contributed by atoms with Gasteiger partial charge in [-0.3, -0.25) is 9.59 Å². The highest BCUT2D eigenvalue weighted by Crippen LogP contribution is 2.27. The van der Waals surface area contributed by atoms with Crippen LogP contribution >= 0.6 is 11.3 Å². The van der Waals surface area contributed by atoms with Gasteiger partial charge in [0.1, 0.15) is 11.3 Å². The number of carbonyl (C=O) groups is 2. The van der Waals surface area contributed by atoms with Crippen molar-refractivity contribution in [2.75, 3.05) is 25.5 Å². The average Bonchev–Trinajstić information content (AvgIpc) is 3.24. The summed E-state index contributed by atoms with van der Waals surface area (Å²) in [6.45, 7) is 3.67. The predicted molar refractivity (Wildman–Crippen MR) is 123 cm³/mol. The molecule has 0 spiro atoms. The summed E-state index contributed by atoms with van der Waals surface area (Å²) in [5.74, 6) is 0.837. The van der Waals surface area contributed by atoms with Crippen LogP contribution in [0.5, 0.6) is 5.75 Å². The molecule has 1 N–H and O–H groups in total. The third-order valence-corrected chi connectivity index (χ3v) is 6.30. The van der Waals surface area contributed by atoms with E-state index in [9.17, 15) is 14.4 Å². The third-order valence-electron chi connectivity index (χ3n) is 5.55. The van der Waals surface area contributed by atoms with Gasteiger partial charge in [-0.2, -0.15) is 0 Å². The lowest BCUT2D eigenvalue weighted by Gasteiger charge is -2.30. The standard InChI is InChI=1S/C23H25N3O5S/c1-14-4-3-9-26(12-14)21(28)8-7-20(27)25-23-24-18(13-32-23)17-10-15-5-6-16(30-2)11-19(15)31-22(17)29/h5-6,10-11,13-14H,3-4,7-9,12H2,1-2H3,(H,24,25,27)/t14-/m1/s1. The molecule has 0 bridgehead atoms. The zero-order valence-electron chi connectivity index (χ0n) is 18.1. The van der Waals surface area contributed by atoms with E-state index in [2.05, 4.69) is 17.2 Å². The lowest BCUT2D eigenvalue weighted by atomic mass is 10.00. The van der Waals surface area contributed by atoms with Crippen molar-refractivity contribution >= 4 is 39.3 Å². The molecule has 3 aromatic rings. The summed E-state index contributed by atoms with van der Waals surface area (Å²) in [5, 5.41) is 5.53. The highest BCUT2D eigenvalue weighted by atomic mass is 32.1. The third kappa shape index (κ3) is 4.99. The van der Waals surface area contributed by atoms with Crippen molar-refractivity contribution < 1.29 is 18.7 Å². The van der Waals surface area contributed by atoms with Crippen molar-refractivity contribution in [3.05, 3.63) is 40.1 Å². The number of amides is 2. The highest BCUT2D eigenvalue weighted by Gasteiger charge is 2.21. The predicted octanol–water partition coefficient (Wildman–Crippen LogP) is 3.90. The number of anilines is 1. The molecule has 0 aliphatic carbocycles. The highest BCUT2D eigenvalue weighted by molar-refractivity contribution is 7.14. The van der Waals surface area contributed by atoms with Crippen molar-refractivity contribution in [2.24, 2.45) is 5.92 Å². The van der Waals surface area contributed by atoms with Crippen LogP contribution in [0.3, 0.4) is 0 Å². The minimum absolute atomic E-state index is 0.0110. The molecule has 168 valence electrons. The van der Waals surface area contributed by atoms with Crippen LogP contribution in [0.2, 0.25) is 0 Å². The number of benzene rings is 1. The molecule has 1 atom stereocenters. The summed E-state index contributed by atoms with van der Waals surface area (Å²) in [4.78, 5) is 43.3. The van der Waals surface area contributed by atoms with E-state index in [0.29, 0.717) is 33.6 Å². The fourth-order valence-electron chi connectivity index (χ4n) is 3.83. The zero-order chi connectivity index (χ0) is 22.7. The lowest BCUT2D eigenvalue weighted by Crippen LogP contribution is -2.39. The Bertz CT molecular complexity index is 1200. The molecule has 8 nitrogen and oxygen atoms in total. The molecule has 1 aliphatic heterocycles. The van der Waals surface area contributed by atoms with E-state index in [0.717, 1.165) is 31.3 Å². The molecule has 1 fully saturated rings. The minimum Gasteiger partial charge on any atom is -0.497 e. The normalized spacial score (nSPS) is 16.2. The summed E-state index contributed by atoms with van der Waals surface area (Å²) >= 11 is 1.22. The van der Waals surface area contributed by atoms with E-state index in [1.807, 2.05) is 4.90 Å². The van der Waals surface area contributed by atoms with Crippen LogP contribution in [0.1, 0.15) is 32.6 Å². The Hall–Kier alpha value is -3.20. The second-order valence-corrected chi connectivity index (χ2v) is 8.88. The van der Waals surface area contributed by atoms with Gasteiger partial charge in [-0.05, 0) is 37.0 Å². The molecule has 32 heavy (non-hydrogen) atoms. The van der Waals surface area contributed by atoms with E-state index >= 15 is 0 Å². The topological polar surface area (TPSA) is 102 Å². The van der Waals surface area contributed by atoms with Crippen LogP contribution in [0.4, 0.5) is 5.13 Å². The summed E-state index contributed by atoms with van der Waals surface area (Å²) in [5.41, 5.74) is 0.647. The number of methoxy groups -OCH3 is 1. The average molecular weight is 456 g/mol. The molecule has 2 amide bonds. The number of piperidine rings is 1. The molecule has 3 heterocycles. The maximum Gasteiger partial charge on any atom is 0.345 e. The Kier molecular flexibility index (Phi) is 6.55. The van der Waals surface area contributed by atoms with Crippen LogP contribution in [0.15, 0.2) is 38.9 Å². The van der Waals surface area contributed by atoms with E-state index in [1.54, 1.807) is 36.8 Å². The van der Waals surface area contributed by atoms with E-state index in [1.165, 1.54) is 11.3 Å². The van der Waals surface area contributed by atoms with Gasteiger partial charge in [-0.25, -0.2) is 9.78 Å². The molecule has 0 unspecified atom stereocenters. The number of rotatable bonds is 6. The zero-order valence-corrected chi connectivity index (χ0v) is 18.9. The maximum absolute atomic E-state index is 12.4. The number of likely N-dealkylation sites (tertiary alicyclic amines) is 1. The fourth-order valence-corrected chi connectivity index (χ4v) is 4.55. The van der Waals surface area contributed by atoms with Crippen LogP contribution in [0.25, 0.3) is 22.2 Å². The number of fused-ring (bicyclic) bond motifs is 1. The smallest absolute Gasteiger partial charge is 0.345 e. The Morgan fingerprint density at radius 3 is 2.94 bits per heavy atom. The SMILES string of the molecule is COc1ccc2cc(-c3csc(NC(=O)CCC(=O)N4CCC[C@@H](C)C4)n3)c(=O)oc2c1. The monoisotopic (exact) mass is 455 g/mol. The number of nitrogens with zero attached hydrogens (tertiary/aromatic N) is 2. The quantitative estimate of drug-likeness (QED) is 0.566. The number of hydrogen-bond acceptors (Lipinski definition) is 7. The van der Waals surface area contributed by atoms with Crippen molar-refractivity contribution in [1.29, 1.82) is 0 Å². The van der Waals surface area contributed by atoms with Crippen LogP contribution < -0.4 is 15.7 Å². The minimum atomic E-state index is -0.518. The van der Waals surface area contributed by atoms with Crippen LogP contribution in [-0.4, -0.2) is 41.9 Å². The number of nitrogens with one attached hydrogen (secondary N) is 1. The molecular weight excluding hydrogens is 430 g/mol. The summed E-state index contributed by atoms with van der Waals surface area (Å²) < 4.78 is 10.6.